The molecule has 0 radical (unpaired) electrons. The number of hydrazone groups is 1. The van der Waals surface area contributed by atoms with Crippen LogP contribution in [0.4, 0.5) is 0 Å². The maximum absolute atomic E-state index is 9.45. The van der Waals surface area contributed by atoms with Crippen molar-refractivity contribution in [2.45, 2.75) is 56.1 Å². The summed E-state index contributed by atoms with van der Waals surface area (Å²) in [7, 11) is 0. The van der Waals surface area contributed by atoms with Crippen LogP contribution in [0.3, 0.4) is 0 Å². The Kier molecular flexibility index (Phi) is 5.33. The number of benzene rings is 1. The number of nitrogens with two attached hydrogens (primary N) is 1. The van der Waals surface area contributed by atoms with Crippen LogP contribution in [0.1, 0.15) is 30.9 Å². The summed E-state index contributed by atoms with van der Waals surface area (Å²) in [5.41, 5.74) is 3.94. The second kappa shape index (κ2) is 8.27. The number of fused-ring (bicyclic) bond motifs is 3. The van der Waals surface area contributed by atoms with E-state index in [4.69, 9.17) is 25.0 Å². The molecule has 4 aliphatic heterocycles. The first-order valence-electron chi connectivity index (χ1n) is 12.0. The fourth-order valence-corrected chi connectivity index (χ4v) is 6.13. The van der Waals surface area contributed by atoms with Crippen molar-refractivity contribution in [3.8, 4) is 5.75 Å². The first kappa shape index (κ1) is 21.9. The summed E-state index contributed by atoms with van der Waals surface area (Å²) in [6, 6.07) is 5.97. The zero-order chi connectivity index (χ0) is 23.3. The third kappa shape index (κ3) is 3.58. The van der Waals surface area contributed by atoms with Crippen LogP contribution < -0.4 is 10.6 Å². The number of rotatable bonds is 6. The molecule has 1 aliphatic carbocycles. The molecule has 2 bridgehead atoms. The van der Waals surface area contributed by atoms with E-state index in [1.807, 2.05) is 25.3 Å². The molecule has 1 aromatic heterocycles. The first-order chi connectivity index (χ1) is 16.5. The molecule has 0 amide bonds. The van der Waals surface area contributed by atoms with E-state index < -0.39 is 0 Å². The molecular weight excluding hydrogens is 434 g/mol. The molecule has 7 rings (SSSR count). The summed E-state index contributed by atoms with van der Waals surface area (Å²) < 4.78 is 17.6. The molecule has 3 N–H and O–H groups in total. The van der Waals surface area contributed by atoms with Gasteiger partial charge in [-0.15, -0.1) is 0 Å². The molecule has 4 fully saturated rings. The van der Waals surface area contributed by atoms with Gasteiger partial charge in [-0.05, 0) is 55.5 Å². The van der Waals surface area contributed by atoms with Gasteiger partial charge in [-0.2, -0.15) is 5.10 Å². The minimum absolute atomic E-state index is 0.0586. The zero-order valence-corrected chi connectivity index (χ0v) is 19.4. The SMILES string of the molecule is CC(Oc1ccc2ncc3c(c2c1)CCOC3)/C(C=NC12CN3CC(CO)OCC3(C1)C2)=N/N. The predicted molar refractivity (Wildman–Crippen MR) is 128 cm³/mol. The number of pyridine rings is 1. The lowest BCUT2D eigenvalue weighted by molar-refractivity contribution is -0.118. The molecule has 9 heteroatoms. The van der Waals surface area contributed by atoms with Crippen LogP contribution in [0, 0.1) is 0 Å². The van der Waals surface area contributed by atoms with Crippen LogP contribution in [0.25, 0.3) is 10.9 Å². The molecule has 2 aromatic rings. The molecule has 2 unspecified atom stereocenters. The van der Waals surface area contributed by atoms with Gasteiger partial charge in [0.25, 0.3) is 0 Å². The summed E-state index contributed by atoms with van der Waals surface area (Å²) >= 11 is 0. The van der Waals surface area contributed by atoms with E-state index in [0.29, 0.717) is 18.9 Å². The van der Waals surface area contributed by atoms with Crippen LogP contribution in [-0.2, 0) is 22.5 Å². The van der Waals surface area contributed by atoms with Crippen molar-refractivity contribution in [1.29, 1.82) is 0 Å². The summed E-state index contributed by atoms with van der Waals surface area (Å²) in [5, 5.41) is 14.5. The number of ether oxygens (including phenoxy) is 3. The van der Waals surface area contributed by atoms with E-state index in [9.17, 15) is 5.11 Å². The smallest absolute Gasteiger partial charge is 0.141 e. The van der Waals surface area contributed by atoms with Gasteiger partial charge >= 0.3 is 0 Å². The molecule has 5 heterocycles. The summed E-state index contributed by atoms with van der Waals surface area (Å²) in [6.07, 6.45) is 6.05. The predicted octanol–water partition coefficient (Wildman–Crippen LogP) is 1.44. The van der Waals surface area contributed by atoms with Gasteiger partial charge in [0.15, 0.2) is 0 Å². The fourth-order valence-electron chi connectivity index (χ4n) is 6.13. The fraction of sp³-hybridized carbons (Fsp3) is 0.560. The van der Waals surface area contributed by atoms with E-state index in [0.717, 1.165) is 61.2 Å². The summed E-state index contributed by atoms with van der Waals surface area (Å²) in [5.74, 6) is 6.49. The van der Waals surface area contributed by atoms with E-state index in [1.165, 1.54) is 5.56 Å². The van der Waals surface area contributed by atoms with Gasteiger partial charge in [0.05, 0.1) is 43.6 Å². The standard InChI is InChI=1S/C25H31N5O4/c1-16(34-18-2-3-22-21(6-18)20-4-5-32-11-17(20)7-27-22)23(29-26)8-28-24-12-25(13-24)15-33-19(10-31)9-30(25)14-24/h2-3,6-8,16,19,31H,4-5,9-15,26H2,1H3/b28-8?,29-23+. The van der Waals surface area contributed by atoms with Crippen LogP contribution in [-0.4, -0.2) is 83.1 Å². The normalized spacial score (nSPS) is 31.8. The first-order valence-corrected chi connectivity index (χ1v) is 12.0. The Morgan fingerprint density at radius 1 is 1.44 bits per heavy atom. The second-order valence-corrected chi connectivity index (χ2v) is 10.1. The molecule has 34 heavy (non-hydrogen) atoms. The maximum atomic E-state index is 9.45. The van der Waals surface area contributed by atoms with Crippen LogP contribution >= 0.6 is 0 Å². The Bertz CT molecular complexity index is 1160. The average molecular weight is 466 g/mol. The largest absolute Gasteiger partial charge is 0.484 e. The summed E-state index contributed by atoms with van der Waals surface area (Å²) in [4.78, 5) is 11.9. The van der Waals surface area contributed by atoms with Gasteiger partial charge in [0.2, 0.25) is 0 Å². The number of aliphatic imine (C=N–C) groups is 1. The number of hydrogen-bond donors (Lipinski definition) is 2. The molecule has 1 spiro atoms. The van der Waals surface area contributed by atoms with Crippen molar-refractivity contribution in [3.63, 3.8) is 0 Å². The van der Waals surface area contributed by atoms with Crippen molar-refractivity contribution >= 4 is 22.8 Å². The van der Waals surface area contributed by atoms with Gasteiger partial charge in [-0.25, -0.2) is 0 Å². The molecule has 9 nitrogen and oxygen atoms in total. The molecule has 2 atom stereocenters. The molecule has 1 saturated carbocycles. The van der Waals surface area contributed by atoms with Gasteiger partial charge in [-0.1, -0.05) is 0 Å². The van der Waals surface area contributed by atoms with Crippen LogP contribution in [0.5, 0.6) is 5.75 Å². The number of nitrogens with zero attached hydrogens (tertiary/aromatic N) is 4. The second-order valence-electron chi connectivity index (χ2n) is 10.1. The number of hydrogen-bond acceptors (Lipinski definition) is 9. The van der Waals surface area contributed by atoms with Gasteiger partial charge in [0, 0.05) is 36.4 Å². The average Bonchev–Trinajstić information content (AvgIpc) is 3.34. The Morgan fingerprint density at radius 2 is 2.32 bits per heavy atom. The third-order valence-corrected chi connectivity index (χ3v) is 7.83. The molecule has 5 aliphatic rings. The lowest BCUT2D eigenvalue weighted by Crippen LogP contribution is -2.60. The lowest BCUT2D eigenvalue weighted by atomic mass is 9.68. The monoisotopic (exact) mass is 465 g/mol. The van der Waals surface area contributed by atoms with Crippen molar-refractivity contribution < 1.29 is 19.3 Å². The highest BCUT2D eigenvalue weighted by molar-refractivity contribution is 6.32. The highest BCUT2D eigenvalue weighted by Crippen LogP contribution is 2.57. The Balaban J connectivity index is 1.16. The van der Waals surface area contributed by atoms with Gasteiger partial charge in [-0.3, -0.25) is 14.9 Å². The maximum Gasteiger partial charge on any atom is 0.141 e. The number of aliphatic hydroxyl groups excluding tert-OH is 1. The highest BCUT2D eigenvalue weighted by Gasteiger charge is 2.66. The van der Waals surface area contributed by atoms with E-state index in [-0.39, 0.29) is 29.9 Å². The Hall–Kier alpha value is -2.59. The number of morpholine rings is 1. The van der Waals surface area contributed by atoms with Crippen molar-refractivity contribution in [2.24, 2.45) is 15.9 Å². The highest BCUT2D eigenvalue weighted by atomic mass is 16.5. The minimum atomic E-state index is -0.349. The summed E-state index contributed by atoms with van der Waals surface area (Å²) in [6.45, 7) is 5.63. The quantitative estimate of drug-likeness (QED) is 0.377. The number of aliphatic hydroxyl groups is 1. The zero-order valence-electron chi connectivity index (χ0n) is 19.4. The minimum Gasteiger partial charge on any atom is -0.484 e. The Labute approximate surface area is 198 Å². The van der Waals surface area contributed by atoms with Crippen molar-refractivity contribution in [2.75, 3.05) is 32.9 Å². The lowest BCUT2D eigenvalue weighted by Gasteiger charge is -2.49. The molecular formula is C25H31N5O4. The number of aromatic nitrogens is 1. The third-order valence-electron chi connectivity index (χ3n) is 7.83. The molecule has 180 valence electrons. The Morgan fingerprint density at radius 3 is 3.15 bits per heavy atom. The molecule has 1 aromatic carbocycles. The van der Waals surface area contributed by atoms with E-state index in [2.05, 4.69) is 21.1 Å². The van der Waals surface area contributed by atoms with Gasteiger partial charge < -0.3 is 25.2 Å². The topological polar surface area (TPSA) is 115 Å². The molecule has 3 saturated heterocycles. The van der Waals surface area contributed by atoms with Crippen molar-refractivity contribution in [1.82, 2.24) is 9.88 Å². The van der Waals surface area contributed by atoms with E-state index >= 15 is 0 Å². The van der Waals surface area contributed by atoms with Crippen LogP contribution in [0.2, 0.25) is 0 Å². The van der Waals surface area contributed by atoms with E-state index in [1.54, 1.807) is 6.21 Å². The van der Waals surface area contributed by atoms with Crippen LogP contribution in [0.15, 0.2) is 34.5 Å². The van der Waals surface area contributed by atoms with Gasteiger partial charge in [0.1, 0.15) is 17.6 Å². The van der Waals surface area contributed by atoms with Crippen molar-refractivity contribution in [3.05, 3.63) is 35.5 Å².